The second kappa shape index (κ2) is 6.65. The molecule has 1 aliphatic rings. The van der Waals surface area contributed by atoms with Gasteiger partial charge in [0, 0.05) is 12.1 Å². The Bertz CT molecular complexity index is 749. The molecule has 2 N–H and O–H groups in total. The highest BCUT2D eigenvalue weighted by atomic mass is 19.3. The Morgan fingerprint density at radius 3 is 2.79 bits per heavy atom. The zero-order chi connectivity index (χ0) is 17.2. The molecule has 3 rings (SSSR count). The Hall–Kier alpha value is -2.34. The number of rotatable bonds is 4. The van der Waals surface area contributed by atoms with Gasteiger partial charge in [0.2, 0.25) is 5.91 Å². The summed E-state index contributed by atoms with van der Waals surface area (Å²) in [6.07, 6.45) is 0.791. The van der Waals surface area contributed by atoms with Crippen molar-refractivity contribution < 1.29 is 18.0 Å². The lowest BCUT2D eigenvalue weighted by Crippen LogP contribution is -2.44. The molecule has 1 heterocycles. The van der Waals surface area contributed by atoms with Crippen molar-refractivity contribution in [2.45, 2.75) is 18.4 Å². The Labute approximate surface area is 137 Å². The lowest BCUT2D eigenvalue weighted by molar-refractivity contribution is -0.125. The summed E-state index contributed by atoms with van der Waals surface area (Å²) in [5, 5.41) is 5.32. The van der Waals surface area contributed by atoms with Gasteiger partial charge in [-0.3, -0.25) is 4.79 Å². The lowest BCUT2D eigenvalue weighted by Gasteiger charge is -2.27. The fourth-order valence-electron chi connectivity index (χ4n) is 2.86. The first kappa shape index (κ1) is 16.5. The molecule has 0 saturated carbocycles. The van der Waals surface area contributed by atoms with E-state index in [1.807, 2.05) is 24.3 Å². The van der Waals surface area contributed by atoms with Gasteiger partial charge in [0.1, 0.15) is 11.9 Å². The standard InChI is InChI=1S/C18H17F3N2O/c19-14-6-3-5-13(10-14)18(20,21)11-23-17(24)16-15-7-2-1-4-12(15)8-9-22-16/h1-7,10,16,22H,8-9,11H2,(H,23,24). The lowest BCUT2D eigenvalue weighted by atomic mass is 9.94. The third-order valence-electron chi connectivity index (χ3n) is 4.10. The molecule has 0 aromatic heterocycles. The molecule has 0 spiro atoms. The highest BCUT2D eigenvalue weighted by Crippen LogP contribution is 2.28. The third-order valence-corrected chi connectivity index (χ3v) is 4.10. The molecule has 126 valence electrons. The molecule has 1 unspecified atom stereocenters. The SMILES string of the molecule is O=C(NCC(F)(F)c1cccc(F)c1)C1NCCc2ccccc21. The highest BCUT2D eigenvalue weighted by molar-refractivity contribution is 5.84. The zero-order valence-electron chi connectivity index (χ0n) is 12.9. The quantitative estimate of drug-likeness (QED) is 0.903. The van der Waals surface area contributed by atoms with Crippen molar-refractivity contribution in [3.05, 3.63) is 71.0 Å². The Morgan fingerprint density at radius 2 is 2.00 bits per heavy atom. The summed E-state index contributed by atoms with van der Waals surface area (Å²) in [5.74, 6) is -4.59. The summed E-state index contributed by atoms with van der Waals surface area (Å²) in [5.41, 5.74) is 1.38. The minimum Gasteiger partial charge on any atom is -0.348 e. The van der Waals surface area contributed by atoms with E-state index in [-0.39, 0.29) is 0 Å². The molecule has 1 aliphatic heterocycles. The first-order valence-electron chi connectivity index (χ1n) is 7.70. The van der Waals surface area contributed by atoms with E-state index in [0.717, 1.165) is 35.7 Å². The maximum atomic E-state index is 14.2. The van der Waals surface area contributed by atoms with Crippen LogP contribution in [0.2, 0.25) is 0 Å². The first-order valence-corrected chi connectivity index (χ1v) is 7.70. The minimum atomic E-state index is -3.34. The van der Waals surface area contributed by atoms with Crippen molar-refractivity contribution >= 4 is 5.91 Å². The second-order valence-corrected chi connectivity index (χ2v) is 5.77. The van der Waals surface area contributed by atoms with Gasteiger partial charge in [-0.1, -0.05) is 36.4 Å². The number of hydrogen-bond donors (Lipinski definition) is 2. The average Bonchev–Trinajstić information content (AvgIpc) is 2.59. The number of carbonyl (C=O) groups is 1. The van der Waals surface area contributed by atoms with Gasteiger partial charge in [0.05, 0.1) is 6.54 Å². The van der Waals surface area contributed by atoms with E-state index >= 15 is 0 Å². The van der Waals surface area contributed by atoms with Crippen LogP contribution >= 0.6 is 0 Å². The molecule has 6 heteroatoms. The van der Waals surface area contributed by atoms with Crippen LogP contribution in [0.3, 0.4) is 0 Å². The molecule has 0 aliphatic carbocycles. The van der Waals surface area contributed by atoms with Crippen LogP contribution in [0.25, 0.3) is 0 Å². The van der Waals surface area contributed by atoms with Gasteiger partial charge in [0.25, 0.3) is 5.92 Å². The zero-order valence-corrected chi connectivity index (χ0v) is 12.9. The van der Waals surface area contributed by atoms with Crippen molar-refractivity contribution in [1.82, 2.24) is 10.6 Å². The Balaban J connectivity index is 1.70. The van der Waals surface area contributed by atoms with Crippen LogP contribution in [0.4, 0.5) is 13.2 Å². The van der Waals surface area contributed by atoms with Gasteiger partial charge in [-0.2, -0.15) is 8.78 Å². The van der Waals surface area contributed by atoms with Gasteiger partial charge in [-0.15, -0.1) is 0 Å². The van der Waals surface area contributed by atoms with E-state index in [1.54, 1.807) is 0 Å². The van der Waals surface area contributed by atoms with Crippen molar-refractivity contribution in [2.24, 2.45) is 0 Å². The number of hydrogen-bond acceptors (Lipinski definition) is 2. The molecule has 0 saturated heterocycles. The molecule has 0 radical (unpaired) electrons. The topological polar surface area (TPSA) is 41.1 Å². The van der Waals surface area contributed by atoms with Gasteiger partial charge in [0.15, 0.2) is 0 Å². The normalized spacial score (nSPS) is 17.2. The predicted molar refractivity (Wildman–Crippen MR) is 84.2 cm³/mol. The number of nitrogens with one attached hydrogen (secondary N) is 2. The van der Waals surface area contributed by atoms with Crippen molar-refractivity contribution in [2.75, 3.05) is 13.1 Å². The van der Waals surface area contributed by atoms with E-state index in [4.69, 9.17) is 0 Å². The molecule has 0 fully saturated rings. The molecule has 0 bridgehead atoms. The number of alkyl halides is 2. The first-order chi connectivity index (χ1) is 11.5. The highest BCUT2D eigenvalue weighted by Gasteiger charge is 2.34. The molecule has 3 nitrogen and oxygen atoms in total. The summed E-state index contributed by atoms with van der Waals surface area (Å²) >= 11 is 0. The van der Waals surface area contributed by atoms with E-state index in [9.17, 15) is 18.0 Å². The summed E-state index contributed by atoms with van der Waals surface area (Å²) in [4.78, 5) is 12.3. The fourth-order valence-corrected chi connectivity index (χ4v) is 2.86. The Kier molecular flexibility index (Phi) is 4.57. The summed E-state index contributed by atoms with van der Waals surface area (Å²) in [6.45, 7) is -0.273. The van der Waals surface area contributed by atoms with Crippen LogP contribution < -0.4 is 10.6 Å². The fraction of sp³-hybridized carbons (Fsp3) is 0.278. The smallest absolute Gasteiger partial charge is 0.290 e. The molecule has 24 heavy (non-hydrogen) atoms. The number of halogens is 3. The number of fused-ring (bicyclic) bond motifs is 1. The summed E-state index contributed by atoms with van der Waals surface area (Å²) < 4.78 is 41.4. The van der Waals surface area contributed by atoms with Crippen molar-refractivity contribution in [1.29, 1.82) is 0 Å². The largest absolute Gasteiger partial charge is 0.348 e. The molecule has 2 aromatic rings. The third kappa shape index (κ3) is 3.43. The molecule has 2 aromatic carbocycles. The molecule has 1 amide bonds. The minimum absolute atomic E-state index is 0.459. The monoisotopic (exact) mass is 334 g/mol. The number of amides is 1. The van der Waals surface area contributed by atoms with Crippen LogP contribution in [0.5, 0.6) is 0 Å². The van der Waals surface area contributed by atoms with Crippen LogP contribution in [0.1, 0.15) is 22.7 Å². The molecular weight excluding hydrogens is 317 g/mol. The van der Waals surface area contributed by atoms with E-state index in [1.165, 1.54) is 6.07 Å². The number of benzene rings is 2. The molecular formula is C18H17F3N2O. The maximum absolute atomic E-state index is 14.2. The van der Waals surface area contributed by atoms with Crippen LogP contribution in [-0.2, 0) is 17.1 Å². The predicted octanol–water partition coefficient (Wildman–Crippen LogP) is 2.92. The van der Waals surface area contributed by atoms with E-state index in [0.29, 0.717) is 6.54 Å². The number of carbonyl (C=O) groups excluding carboxylic acids is 1. The van der Waals surface area contributed by atoms with Gasteiger partial charge in [-0.25, -0.2) is 4.39 Å². The van der Waals surface area contributed by atoms with Crippen molar-refractivity contribution in [3.63, 3.8) is 0 Å². The summed E-state index contributed by atoms with van der Waals surface area (Å²) in [7, 11) is 0. The Morgan fingerprint density at radius 1 is 1.21 bits per heavy atom. The van der Waals surface area contributed by atoms with Gasteiger partial charge >= 0.3 is 0 Å². The average molecular weight is 334 g/mol. The van der Waals surface area contributed by atoms with Crippen LogP contribution in [0, 0.1) is 5.82 Å². The van der Waals surface area contributed by atoms with Crippen LogP contribution in [-0.4, -0.2) is 19.0 Å². The molecule has 1 atom stereocenters. The second-order valence-electron chi connectivity index (χ2n) is 5.77. The summed E-state index contributed by atoms with van der Waals surface area (Å²) in [6, 6.07) is 11.0. The van der Waals surface area contributed by atoms with Gasteiger partial charge in [-0.05, 0) is 29.7 Å². The maximum Gasteiger partial charge on any atom is 0.290 e. The van der Waals surface area contributed by atoms with Crippen LogP contribution in [0.15, 0.2) is 48.5 Å². The van der Waals surface area contributed by atoms with Crippen molar-refractivity contribution in [3.8, 4) is 0 Å². The van der Waals surface area contributed by atoms with E-state index in [2.05, 4.69) is 10.6 Å². The van der Waals surface area contributed by atoms with E-state index < -0.39 is 35.8 Å². The van der Waals surface area contributed by atoms with Gasteiger partial charge < -0.3 is 10.6 Å².